The van der Waals surface area contributed by atoms with Crippen LogP contribution in [-0.4, -0.2) is 28.0 Å². The van der Waals surface area contributed by atoms with Crippen molar-refractivity contribution in [2.24, 2.45) is 0 Å². The average molecular weight is 348 g/mol. The standard InChI is InChI=1S/C21H20N2O3/c24-18(12-14-6-2-1-3-7-14)21-20-15-8-4-5-9-16(15)23(13-19(25)26)17(20)10-11-22-21/h1-9,21-22H,10-13H2,(H,25,26). The third-order valence-electron chi connectivity index (χ3n) is 4.96. The number of ketones is 1. The van der Waals surface area contributed by atoms with Crippen molar-refractivity contribution >= 4 is 22.7 Å². The maximum Gasteiger partial charge on any atom is 0.323 e. The van der Waals surface area contributed by atoms with Gasteiger partial charge in [0.15, 0.2) is 5.78 Å². The molecule has 0 aliphatic carbocycles. The second-order valence-corrected chi connectivity index (χ2v) is 6.62. The Balaban J connectivity index is 1.78. The summed E-state index contributed by atoms with van der Waals surface area (Å²) >= 11 is 0. The lowest BCUT2D eigenvalue weighted by Crippen LogP contribution is -2.36. The monoisotopic (exact) mass is 348 g/mol. The summed E-state index contributed by atoms with van der Waals surface area (Å²) in [4.78, 5) is 24.4. The number of Topliss-reactive ketones (excluding diaryl/α,β-unsaturated/α-hetero) is 1. The minimum atomic E-state index is -0.876. The van der Waals surface area contributed by atoms with Crippen LogP contribution in [0.25, 0.3) is 10.9 Å². The van der Waals surface area contributed by atoms with E-state index in [-0.39, 0.29) is 12.3 Å². The largest absolute Gasteiger partial charge is 0.480 e. The SMILES string of the molecule is O=C(O)Cn1c2c(c3ccccc31)C(C(=O)Cc1ccccc1)NCC2. The normalized spacial score (nSPS) is 16.4. The number of aromatic nitrogens is 1. The number of rotatable bonds is 5. The minimum Gasteiger partial charge on any atom is -0.480 e. The third kappa shape index (κ3) is 2.91. The molecule has 0 bridgehead atoms. The van der Waals surface area contributed by atoms with E-state index < -0.39 is 12.0 Å². The Labute approximate surface area is 151 Å². The Bertz CT molecular complexity index is 976. The molecule has 3 aromatic rings. The molecule has 1 unspecified atom stereocenters. The molecule has 2 heterocycles. The Morgan fingerprint density at radius 1 is 1.08 bits per heavy atom. The summed E-state index contributed by atoms with van der Waals surface area (Å²) in [5, 5.41) is 13.6. The molecule has 1 aliphatic heterocycles. The summed E-state index contributed by atoms with van der Waals surface area (Å²) in [6.45, 7) is 0.573. The van der Waals surface area contributed by atoms with E-state index in [1.807, 2.05) is 59.2 Å². The number of carbonyl (C=O) groups excluding carboxylic acids is 1. The van der Waals surface area contributed by atoms with Crippen LogP contribution in [0.3, 0.4) is 0 Å². The predicted molar refractivity (Wildman–Crippen MR) is 99.2 cm³/mol. The molecular weight excluding hydrogens is 328 g/mol. The number of para-hydroxylation sites is 1. The topological polar surface area (TPSA) is 71.3 Å². The maximum atomic E-state index is 13.0. The molecule has 0 saturated carbocycles. The number of nitrogens with zero attached hydrogens (tertiary/aromatic N) is 1. The van der Waals surface area contributed by atoms with Crippen molar-refractivity contribution in [1.29, 1.82) is 0 Å². The molecule has 5 nitrogen and oxygen atoms in total. The second-order valence-electron chi connectivity index (χ2n) is 6.62. The van der Waals surface area contributed by atoms with Gasteiger partial charge in [-0.3, -0.25) is 9.59 Å². The van der Waals surface area contributed by atoms with Gasteiger partial charge in [0.05, 0.1) is 6.04 Å². The van der Waals surface area contributed by atoms with Crippen LogP contribution in [0.2, 0.25) is 0 Å². The van der Waals surface area contributed by atoms with E-state index in [4.69, 9.17) is 0 Å². The highest BCUT2D eigenvalue weighted by Gasteiger charge is 2.31. The molecule has 5 heteroatoms. The van der Waals surface area contributed by atoms with Gasteiger partial charge in [-0.15, -0.1) is 0 Å². The first-order chi connectivity index (χ1) is 12.6. The fourth-order valence-electron chi connectivity index (χ4n) is 3.90. The number of benzene rings is 2. The summed E-state index contributed by atoms with van der Waals surface area (Å²) in [6.07, 6.45) is 1.07. The van der Waals surface area contributed by atoms with E-state index in [0.717, 1.165) is 27.7 Å². The first-order valence-electron chi connectivity index (χ1n) is 8.77. The van der Waals surface area contributed by atoms with E-state index in [0.29, 0.717) is 19.4 Å². The van der Waals surface area contributed by atoms with Gasteiger partial charge in [0, 0.05) is 41.5 Å². The lowest BCUT2D eigenvalue weighted by molar-refractivity contribution is -0.137. The van der Waals surface area contributed by atoms with E-state index in [9.17, 15) is 14.7 Å². The summed E-state index contributed by atoms with van der Waals surface area (Å²) in [5.41, 5.74) is 3.76. The molecule has 0 saturated heterocycles. The van der Waals surface area contributed by atoms with Gasteiger partial charge in [0.25, 0.3) is 0 Å². The molecule has 2 N–H and O–H groups in total. The number of carboxylic acids is 1. The quantitative estimate of drug-likeness (QED) is 0.744. The lowest BCUT2D eigenvalue weighted by Gasteiger charge is -2.25. The van der Waals surface area contributed by atoms with Crippen molar-refractivity contribution in [2.75, 3.05) is 6.54 Å². The van der Waals surface area contributed by atoms with Gasteiger partial charge in [0.2, 0.25) is 0 Å². The molecule has 26 heavy (non-hydrogen) atoms. The highest BCUT2D eigenvalue weighted by molar-refractivity contribution is 5.96. The predicted octanol–water partition coefficient (Wildman–Crippen LogP) is 2.72. The number of nitrogens with one attached hydrogen (secondary N) is 1. The van der Waals surface area contributed by atoms with E-state index in [2.05, 4.69) is 5.32 Å². The minimum absolute atomic E-state index is 0.0879. The van der Waals surface area contributed by atoms with Crippen LogP contribution in [0.1, 0.15) is 22.9 Å². The first-order valence-corrected chi connectivity index (χ1v) is 8.77. The molecule has 4 rings (SSSR count). The third-order valence-corrected chi connectivity index (χ3v) is 4.96. The Hall–Kier alpha value is -2.92. The van der Waals surface area contributed by atoms with Crippen LogP contribution < -0.4 is 5.32 Å². The van der Waals surface area contributed by atoms with Crippen LogP contribution in [0.4, 0.5) is 0 Å². The molecule has 1 aliphatic rings. The number of hydrogen-bond donors (Lipinski definition) is 2. The molecule has 0 fully saturated rings. The maximum absolute atomic E-state index is 13.0. The zero-order valence-electron chi connectivity index (χ0n) is 14.3. The smallest absolute Gasteiger partial charge is 0.323 e. The molecule has 132 valence electrons. The van der Waals surface area contributed by atoms with Crippen molar-refractivity contribution in [1.82, 2.24) is 9.88 Å². The van der Waals surface area contributed by atoms with Crippen molar-refractivity contribution in [3.05, 3.63) is 71.4 Å². The van der Waals surface area contributed by atoms with Crippen molar-refractivity contribution in [2.45, 2.75) is 25.4 Å². The first kappa shape index (κ1) is 16.5. The van der Waals surface area contributed by atoms with Crippen LogP contribution in [-0.2, 0) is 29.0 Å². The number of carbonyl (C=O) groups is 2. The fourth-order valence-corrected chi connectivity index (χ4v) is 3.90. The molecule has 0 spiro atoms. The van der Waals surface area contributed by atoms with Crippen molar-refractivity contribution < 1.29 is 14.7 Å². The Morgan fingerprint density at radius 3 is 2.58 bits per heavy atom. The van der Waals surface area contributed by atoms with E-state index >= 15 is 0 Å². The highest BCUT2D eigenvalue weighted by Crippen LogP contribution is 2.34. The van der Waals surface area contributed by atoms with Gasteiger partial charge in [-0.2, -0.15) is 0 Å². The van der Waals surface area contributed by atoms with Gasteiger partial charge in [-0.05, 0) is 11.6 Å². The van der Waals surface area contributed by atoms with E-state index in [1.165, 1.54) is 0 Å². The number of carboxylic acid groups (broad SMARTS) is 1. The van der Waals surface area contributed by atoms with Crippen LogP contribution >= 0.6 is 0 Å². The molecule has 1 atom stereocenters. The van der Waals surface area contributed by atoms with E-state index in [1.54, 1.807) is 0 Å². The van der Waals surface area contributed by atoms with Gasteiger partial charge in [0.1, 0.15) is 6.54 Å². The molecule has 2 aromatic carbocycles. The fraction of sp³-hybridized carbons (Fsp3) is 0.238. The Morgan fingerprint density at radius 2 is 1.81 bits per heavy atom. The van der Waals surface area contributed by atoms with Gasteiger partial charge >= 0.3 is 5.97 Å². The van der Waals surface area contributed by atoms with Gasteiger partial charge in [-0.1, -0.05) is 48.5 Å². The summed E-state index contributed by atoms with van der Waals surface area (Å²) < 4.78 is 1.84. The zero-order valence-corrected chi connectivity index (χ0v) is 14.3. The van der Waals surface area contributed by atoms with Crippen molar-refractivity contribution in [3.63, 3.8) is 0 Å². The number of fused-ring (bicyclic) bond motifs is 3. The molecular formula is C21H20N2O3. The zero-order chi connectivity index (χ0) is 18.1. The number of hydrogen-bond acceptors (Lipinski definition) is 3. The lowest BCUT2D eigenvalue weighted by atomic mass is 9.92. The highest BCUT2D eigenvalue weighted by atomic mass is 16.4. The van der Waals surface area contributed by atoms with Crippen LogP contribution in [0, 0.1) is 0 Å². The van der Waals surface area contributed by atoms with Crippen LogP contribution in [0.15, 0.2) is 54.6 Å². The number of aliphatic carboxylic acids is 1. The summed E-state index contributed by atoms with van der Waals surface area (Å²) in [6, 6.07) is 17.0. The molecule has 0 amide bonds. The second kappa shape index (κ2) is 6.77. The van der Waals surface area contributed by atoms with Crippen LogP contribution in [0.5, 0.6) is 0 Å². The van der Waals surface area contributed by atoms with Crippen molar-refractivity contribution in [3.8, 4) is 0 Å². The molecule has 0 radical (unpaired) electrons. The van der Waals surface area contributed by atoms with Gasteiger partial charge in [-0.25, -0.2) is 0 Å². The molecule has 1 aromatic heterocycles. The summed E-state index contributed by atoms with van der Waals surface area (Å²) in [5.74, 6) is -0.769. The van der Waals surface area contributed by atoms with Gasteiger partial charge < -0.3 is 15.0 Å². The Kier molecular flexibility index (Phi) is 4.31. The average Bonchev–Trinajstić information content (AvgIpc) is 2.96. The summed E-state index contributed by atoms with van der Waals surface area (Å²) in [7, 11) is 0.